The summed E-state index contributed by atoms with van der Waals surface area (Å²) in [5, 5.41) is 8.01. The second kappa shape index (κ2) is 10.3. The van der Waals surface area contributed by atoms with Crippen LogP contribution in [0.3, 0.4) is 0 Å². The number of pyridine rings is 1. The molecule has 0 bridgehead atoms. The number of hydrogen-bond acceptors (Lipinski definition) is 15. The number of alkyl halides is 1. The first-order valence-corrected chi connectivity index (χ1v) is 15.9. The summed E-state index contributed by atoms with van der Waals surface area (Å²) in [7, 11) is -9.33. The van der Waals surface area contributed by atoms with Gasteiger partial charge in [-0.1, -0.05) is 5.21 Å². The van der Waals surface area contributed by atoms with E-state index in [-0.39, 0.29) is 42.0 Å². The lowest BCUT2D eigenvalue weighted by Crippen LogP contribution is -2.41. The van der Waals surface area contributed by atoms with E-state index in [1.807, 2.05) is 0 Å². The summed E-state index contributed by atoms with van der Waals surface area (Å²) in [6, 6.07) is 0.549. The number of halogens is 1. The molecule has 3 fully saturated rings. The molecule has 8 atom stereocenters. The number of anilines is 2. The van der Waals surface area contributed by atoms with E-state index in [1.165, 1.54) is 28.1 Å². The zero-order valence-electron chi connectivity index (χ0n) is 22.0. The lowest BCUT2D eigenvalue weighted by molar-refractivity contribution is -0.0490. The summed E-state index contributed by atoms with van der Waals surface area (Å²) in [4.78, 5) is 26.9. The van der Waals surface area contributed by atoms with Gasteiger partial charge in [-0.2, -0.15) is 17.8 Å². The minimum Gasteiger partial charge on any atom is -0.397 e. The van der Waals surface area contributed by atoms with Gasteiger partial charge in [0.2, 0.25) is 0 Å². The quantitative estimate of drug-likeness (QED) is 0.206. The third-order valence-electron chi connectivity index (χ3n) is 7.71. The number of nitrogens with zero attached hydrogens (tertiary/aromatic N) is 8. The predicted molar refractivity (Wildman–Crippen MR) is 142 cm³/mol. The minimum absolute atomic E-state index is 0.0174. The molecule has 1 aliphatic carbocycles. The van der Waals surface area contributed by atoms with Gasteiger partial charge in [0, 0.05) is 25.1 Å². The first kappa shape index (κ1) is 28.3. The lowest BCUT2D eigenvalue weighted by Gasteiger charge is -2.27. The van der Waals surface area contributed by atoms with Crippen molar-refractivity contribution >= 4 is 52.0 Å². The average molecular weight is 642 g/mol. The first-order chi connectivity index (χ1) is 20.5. The highest BCUT2D eigenvalue weighted by atomic mass is 32.2. The summed E-state index contributed by atoms with van der Waals surface area (Å²) in [5.41, 5.74) is 13.2. The van der Waals surface area contributed by atoms with Crippen molar-refractivity contribution in [1.82, 2.24) is 44.2 Å². The Morgan fingerprint density at radius 1 is 1.12 bits per heavy atom. The number of fused-ring (bicyclic) bond motifs is 4. The predicted octanol–water partition coefficient (Wildman–Crippen LogP) is -0.247. The standard InChI is InChI=1S/C21H25FN11O8PS/c22-15-11(32-8-28-17-19(24)26-7-27-20(17)32)3-9-5-29-43(36,37)41-12-4-14(33-21-16(30-31-33)10(23)1-2-25-21)39-13(12)6-38-42(34,35)40-18(9)15/h1-2,7-9,11-15,18,29H,3-6H2,(H2,23,25)(H,34,35)(H2,24,26,27)/t9-,11-,12+,13-,14-,15+,18-/m1/s1. The molecule has 4 aromatic heterocycles. The second-order valence-electron chi connectivity index (χ2n) is 10.3. The largest absolute Gasteiger partial charge is 0.472 e. The molecule has 7 rings (SSSR count). The Morgan fingerprint density at radius 3 is 2.79 bits per heavy atom. The third kappa shape index (κ3) is 5.10. The molecule has 0 radical (unpaired) electrons. The number of nitrogen functional groups attached to an aromatic ring is 2. The molecule has 0 aromatic carbocycles. The Morgan fingerprint density at radius 2 is 1.95 bits per heavy atom. The van der Waals surface area contributed by atoms with Crippen molar-refractivity contribution in [2.45, 2.75) is 49.6 Å². The number of ether oxygens (including phenoxy) is 1. The molecule has 2 saturated heterocycles. The molecular formula is C21H25FN11O8PS. The maximum atomic E-state index is 16.0. The maximum Gasteiger partial charge on any atom is 0.472 e. The van der Waals surface area contributed by atoms with E-state index in [4.69, 9.17) is 29.4 Å². The fourth-order valence-corrected chi connectivity index (χ4v) is 7.70. The second-order valence-corrected chi connectivity index (χ2v) is 13.1. The zero-order chi connectivity index (χ0) is 30.1. The van der Waals surface area contributed by atoms with Crippen LogP contribution in [0.1, 0.15) is 25.1 Å². The Kier molecular flexibility index (Phi) is 6.81. The summed E-state index contributed by atoms with van der Waals surface area (Å²) in [6.45, 7) is -1.01. The van der Waals surface area contributed by atoms with Crippen LogP contribution >= 0.6 is 7.82 Å². The molecule has 1 saturated carbocycles. The highest BCUT2D eigenvalue weighted by molar-refractivity contribution is 7.84. The molecule has 230 valence electrons. The Bertz CT molecular complexity index is 1860. The molecule has 22 heteroatoms. The number of rotatable bonds is 2. The summed E-state index contributed by atoms with van der Waals surface area (Å²) in [5.74, 6) is -0.828. The van der Waals surface area contributed by atoms with Crippen molar-refractivity contribution in [2.75, 3.05) is 24.6 Å². The van der Waals surface area contributed by atoms with Crippen LogP contribution < -0.4 is 16.2 Å². The highest BCUT2D eigenvalue weighted by Crippen LogP contribution is 2.52. The van der Waals surface area contributed by atoms with Crippen LogP contribution in [0.2, 0.25) is 0 Å². The van der Waals surface area contributed by atoms with Gasteiger partial charge < -0.3 is 25.7 Å². The Balaban J connectivity index is 1.15. The molecule has 3 aliphatic rings. The fourth-order valence-electron chi connectivity index (χ4n) is 5.69. The van der Waals surface area contributed by atoms with E-state index in [0.29, 0.717) is 11.2 Å². The van der Waals surface area contributed by atoms with Crippen LogP contribution in [-0.2, 0) is 32.8 Å². The third-order valence-corrected chi connectivity index (χ3v) is 9.72. The van der Waals surface area contributed by atoms with E-state index in [1.54, 1.807) is 6.07 Å². The van der Waals surface area contributed by atoms with Crippen LogP contribution in [-0.4, -0.2) is 90.4 Å². The molecule has 19 nitrogen and oxygen atoms in total. The number of nitrogens with one attached hydrogen (secondary N) is 1. The summed E-state index contributed by atoms with van der Waals surface area (Å²) >= 11 is 0. The van der Waals surface area contributed by atoms with Crippen molar-refractivity contribution < 1.29 is 40.2 Å². The SMILES string of the molecule is Nc1ncnc2c1ncn2[C@@H]1C[C@@H]2CNS(=O)(=O)O[C@H]3C[C@H](n4nnc5c(N)ccnc54)O[C@@H]3COP(=O)(O)O[C@H]2[C@H]1F. The van der Waals surface area contributed by atoms with Gasteiger partial charge in [0.05, 0.1) is 24.7 Å². The van der Waals surface area contributed by atoms with E-state index in [9.17, 15) is 17.9 Å². The molecule has 6 N–H and O–H groups in total. The molecule has 0 amide bonds. The van der Waals surface area contributed by atoms with Crippen molar-refractivity contribution in [3.8, 4) is 0 Å². The highest BCUT2D eigenvalue weighted by Gasteiger charge is 2.51. The monoisotopic (exact) mass is 641 g/mol. The van der Waals surface area contributed by atoms with Gasteiger partial charge in [0.1, 0.15) is 36.3 Å². The number of phosphoric acid groups is 1. The minimum atomic E-state index is -4.90. The van der Waals surface area contributed by atoms with Gasteiger partial charge in [-0.05, 0) is 12.5 Å². The summed E-state index contributed by atoms with van der Waals surface area (Å²) in [6.07, 6.45) is -2.86. The fraction of sp³-hybridized carbons (Fsp3) is 0.524. The lowest BCUT2D eigenvalue weighted by atomic mass is 10.1. The van der Waals surface area contributed by atoms with E-state index < -0.39 is 67.4 Å². The van der Waals surface area contributed by atoms with Crippen LogP contribution in [0.25, 0.3) is 22.3 Å². The number of imidazole rings is 1. The van der Waals surface area contributed by atoms with Crippen molar-refractivity contribution in [2.24, 2.45) is 5.92 Å². The number of nitrogens with two attached hydrogens (primary N) is 2. The van der Waals surface area contributed by atoms with Gasteiger partial charge in [-0.15, -0.1) is 5.10 Å². The zero-order valence-corrected chi connectivity index (χ0v) is 23.7. The molecule has 0 spiro atoms. The number of phosphoric ester groups is 1. The molecule has 4 aromatic rings. The smallest absolute Gasteiger partial charge is 0.397 e. The first-order valence-electron chi connectivity index (χ1n) is 13.0. The van der Waals surface area contributed by atoms with Crippen molar-refractivity contribution in [1.29, 1.82) is 0 Å². The van der Waals surface area contributed by atoms with Crippen LogP contribution in [0.4, 0.5) is 15.9 Å². The normalized spacial score (nSPS) is 34.9. The van der Waals surface area contributed by atoms with E-state index in [2.05, 4.69) is 35.0 Å². The molecule has 43 heavy (non-hydrogen) atoms. The van der Waals surface area contributed by atoms with Crippen molar-refractivity contribution in [3.05, 3.63) is 24.9 Å². The van der Waals surface area contributed by atoms with E-state index in [0.717, 1.165) is 0 Å². The Hall–Kier alpha value is -3.43. The Labute approximate surface area is 241 Å². The molecule has 6 heterocycles. The maximum absolute atomic E-state index is 16.0. The molecule has 2 aliphatic heterocycles. The van der Waals surface area contributed by atoms with Crippen LogP contribution in [0.5, 0.6) is 0 Å². The van der Waals surface area contributed by atoms with Gasteiger partial charge in [0.25, 0.3) is 0 Å². The number of aromatic nitrogens is 8. The van der Waals surface area contributed by atoms with Crippen LogP contribution in [0, 0.1) is 5.92 Å². The van der Waals surface area contributed by atoms with Gasteiger partial charge in [-0.3, -0.25) is 13.2 Å². The summed E-state index contributed by atoms with van der Waals surface area (Å²) < 4.78 is 81.9. The van der Waals surface area contributed by atoms with Crippen LogP contribution in [0.15, 0.2) is 24.9 Å². The van der Waals surface area contributed by atoms with Gasteiger partial charge >= 0.3 is 18.1 Å². The van der Waals surface area contributed by atoms with Crippen molar-refractivity contribution in [3.63, 3.8) is 0 Å². The van der Waals surface area contributed by atoms with Gasteiger partial charge in [0.15, 0.2) is 28.9 Å². The average Bonchev–Trinajstić information content (AvgIpc) is 3.72. The number of hydrogen-bond donors (Lipinski definition) is 4. The topological polar surface area (TPSA) is 260 Å². The molecule has 1 unspecified atom stereocenters. The van der Waals surface area contributed by atoms with E-state index >= 15 is 4.39 Å². The molecular weight excluding hydrogens is 616 g/mol. The van der Waals surface area contributed by atoms with Gasteiger partial charge in [-0.25, -0.2) is 28.9 Å².